The fraction of sp³-hybridized carbons (Fsp3) is 0.600. The highest BCUT2D eigenvalue weighted by Gasteiger charge is 2.29. The minimum absolute atomic E-state index is 0.150. The maximum Gasteiger partial charge on any atom is 0.123 e. The van der Waals surface area contributed by atoms with E-state index in [9.17, 15) is 4.39 Å². The van der Waals surface area contributed by atoms with Crippen molar-refractivity contribution < 1.29 is 4.39 Å². The van der Waals surface area contributed by atoms with Gasteiger partial charge in [-0.1, -0.05) is 19.4 Å². The quantitative estimate of drug-likeness (QED) is 0.830. The van der Waals surface area contributed by atoms with Crippen LogP contribution < -0.4 is 5.73 Å². The molecule has 94 valence electrons. The van der Waals surface area contributed by atoms with Crippen LogP contribution in [0.1, 0.15) is 49.7 Å². The van der Waals surface area contributed by atoms with Crippen molar-refractivity contribution in [1.29, 1.82) is 0 Å². The number of halogens is 1. The molecule has 1 aliphatic rings. The van der Waals surface area contributed by atoms with Gasteiger partial charge in [-0.2, -0.15) is 0 Å². The average molecular weight is 235 g/mol. The Bertz CT molecular complexity index is 389. The molecule has 1 saturated carbocycles. The minimum atomic E-state index is -0.150. The SMILES string of the molecule is CCC1CCC(N)C(c2ccc(F)cc2C)C1. The van der Waals surface area contributed by atoms with E-state index >= 15 is 0 Å². The van der Waals surface area contributed by atoms with E-state index in [4.69, 9.17) is 5.73 Å². The Morgan fingerprint density at radius 1 is 1.35 bits per heavy atom. The van der Waals surface area contributed by atoms with E-state index in [1.165, 1.54) is 18.4 Å². The van der Waals surface area contributed by atoms with Gasteiger partial charge < -0.3 is 5.73 Å². The van der Waals surface area contributed by atoms with Crippen molar-refractivity contribution in [1.82, 2.24) is 0 Å². The van der Waals surface area contributed by atoms with Crippen LogP contribution in [-0.4, -0.2) is 6.04 Å². The summed E-state index contributed by atoms with van der Waals surface area (Å²) in [6.45, 7) is 4.23. The van der Waals surface area contributed by atoms with Crippen LogP contribution in [0, 0.1) is 18.7 Å². The summed E-state index contributed by atoms with van der Waals surface area (Å²) in [6.07, 6.45) is 4.72. The van der Waals surface area contributed by atoms with Crippen LogP contribution >= 0.6 is 0 Å². The van der Waals surface area contributed by atoms with E-state index < -0.39 is 0 Å². The zero-order valence-corrected chi connectivity index (χ0v) is 10.7. The van der Waals surface area contributed by atoms with E-state index in [2.05, 4.69) is 6.92 Å². The molecule has 3 unspecified atom stereocenters. The van der Waals surface area contributed by atoms with Gasteiger partial charge in [0.2, 0.25) is 0 Å². The third kappa shape index (κ3) is 2.68. The monoisotopic (exact) mass is 235 g/mol. The van der Waals surface area contributed by atoms with Crippen LogP contribution in [0.4, 0.5) is 4.39 Å². The highest BCUT2D eigenvalue weighted by atomic mass is 19.1. The van der Waals surface area contributed by atoms with Crippen LogP contribution in [0.2, 0.25) is 0 Å². The van der Waals surface area contributed by atoms with Gasteiger partial charge in [0.05, 0.1) is 0 Å². The molecule has 2 heteroatoms. The summed E-state index contributed by atoms with van der Waals surface area (Å²) in [5.41, 5.74) is 8.53. The average Bonchev–Trinajstić information content (AvgIpc) is 2.30. The molecular weight excluding hydrogens is 213 g/mol. The van der Waals surface area contributed by atoms with Gasteiger partial charge >= 0.3 is 0 Å². The Hall–Kier alpha value is -0.890. The van der Waals surface area contributed by atoms with Gasteiger partial charge in [0.1, 0.15) is 5.82 Å². The van der Waals surface area contributed by atoms with Gasteiger partial charge in [-0.25, -0.2) is 4.39 Å². The van der Waals surface area contributed by atoms with Gasteiger partial charge in [0.15, 0.2) is 0 Å². The normalized spacial score (nSPS) is 29.3. The summed E-state index contributed by atoms with van der Waals surface area (Å²) >= 11 is 0. The van der Waals surface area contributed by atoms with Crippen molar-refractivity contribution in [3.63, 3.8) is 0 Å². The number of aryl methyl sites for hydroxylation is 1. The highest BCUT2D eigenvalue weighted by molar-refractivity contribution is 5.31. The zero-order chi connectivity index (χ0) is 12.4. The summed E-state index contributed by atoms with van der Waals surface area (Å²) in [4.78, 5) is 0. The number of rotatable bonds is 2. The molecule has 0 amide bonds. The first-order chi connectivity index (χ1) is 8.11. The maximum absolute atomic E-state index is 13.1. The number of hydrogen-bond donors (Lipinski definition) is 1. The molecule has 1 aromatic carbocycles. The summed E-state index contributed by atoms with van der Waals surface area (Å²) in [5.74, 6) is 1.04. The molecule has 0 aliphatic heterocycles. The number of hydrogen-bond acceptors (Lipinski definition) is 1. The van der Waals surface area contributed by atoms with Crippen LogP contribution in [0.15, 0.2) is 18.2 Å². The van der Waals surface area contributed by atoms with Crippen LogP contribution in [0.5, 0.6) is 0 Å². The van der Waals surface area contributed by atoms with Crippen molar-refractivity contribution in [3.05, 3.63) is 35.1 Å². The minimum Gasteiger partial charge on any atom is -0.327 e. The lowest BCUT2D eigenvalue weighted by atomic mass is 9.73. The molecule has 2 N–H and O–H groups in total. The van der Waals surface area contributed by atoms with Gasteiger partial charge in [0.25, 0.3) is 0 Å². The molecule has 0 bridgehead atoms. The molecule has 0 aromatic heterocycles. The van der Waals surface area contributed by atoms with Crippen LogP contribution in [0.25, 0.3) is 0 Å². The third-order valence-electron chi connectivity index (χ3n) is 4.22. The second kappa shape index (κ2) is 5.18. The second-order valence-electron chi connectivity index (χ2n) is 5.36. The summed E-state index contributed by atoms with van der Waals surface area (Å²) in [6, 6.07) is 5.34. The van der Waals surface area contributed by atoms with Crippen molar-refractivity contribution in [2.45, 2.75) is 51.5 Å². The smallest absolute Gasteiger partial charge is 0.123 e. The van der Waals surface area contributed by atoms with Crippen LogP contribution in [-0.2, 0) is 0 Å². The predicted octanol–water partition coefficient (Wildman–Crippen LogP) is 3.76. The van der Waals surface area contributed by atoms with Crippen molar-refractivity contribution in [3.8, 4) is 0 Å². The summed E-state index contributed by atoms with van der Waals surface area (Å²) in [5, 5.41) is 0. The number of benzene rings is 1. The lowest BCUT2D eigenvalue weighted by Crippen LogP contribution is -2.34. The lowest BCUT2D eigenvalue weighted by molar-refractivity contribution is 0.282. The number of nitrogens with two attached hydrogens (primary N) is 1. The van der Waals surface area contributed by atoms with Crippen molar-refractivity contribution in [2.24, 2.45) is 11.7 Å². The Kier molecular flexibility index (Phi) is 3.82. The first kappa shape index (κ1) is 12.6. The fourth-order valence-electron chi connectivity index (χ4n) is 3.06. The van der Waals surface area contributed by atoms with Crippen molar-refractivity contribution >= 4 is 0 Å². The molecule has 1 aliphatic carbocycles. The Morgan fingerprint density at radius 2 is 2.12 bits per heavy atom. The van der Waals surface area contributed by atoms with E-state index in [1.807, 2.05) is 13.0 Å². The third-order valence-corrected chi connectivity index (χ3v) is 4.22. The maximum atomic E-state index is 13.1. The molecule has 0 saturated heterocycles. The van der Waals surface area contributed by atoms with E-state index in [0.29, 0.717) is 5.92 Å². The first-order valence-corrected chi connectivity index (χ1v) is 6.63. The Labute approximate surface area is 103 Å². The van der Waals surface area contributed by atoms with Gasteiger partial charge in [-0.05, 0) is 61.3 Å². The standard InChI is InChI=1S/C15H22FN/c1-3-11-4-7-15(17)14(9-11)13-6-5-12(16)8-10(13)2/h5-6,8,11,14-15H,3-4,7,9,17H2,1-2H3. The Balaban J connectivity index is 2.24. The molecule has 17 heavy (non-hydrogen) atoms. The molecule has 2 rings (SSSR count). The summed E-state index contributed by atoms with van der Waals surface area (Å²) in [7, 11) is 0. The molecular formula is C15H22FN. The molecule has 0 heterocycles. The second-order valence-corrected chi connectivity index (χ2v) is 5.36. The molecule has 1 fully saturated rings. The van der Waals surface area contributed by atoms with E-state index in [1.54, 1.807) is 12.1 Å². The largest absolute Gasteiger partial charge is 0.327 e. The predicted molar refractivity (Wildman–Crippen MR) is 69.5 cm³/mol. The molecule has 1 nitrogen and oxygen atoms in total. The van der Waals surface area contributed by atoms with Gasteiger partial charge in [-0.3, -0.25) is 0 Å². The zero-order valence-electron chi connectivity index (χ0n) is 10.7. The van der Waals surface area contributed by atoms with Crippen LogP contribution in [0.3, 0.4) is 0 Å². The molecule has 3 atom stereocenters. The van der Waals surface area contributed by atoms with E-state index in [0.717, 1.165) is 24.3 Å². The lowest BCUT2D eigenvalue weighted by Gasteiger charge is -2.34. The van der Waals surface area contributed by atoms with Gasteiger partial charge in [0, 0.05) is 6.04 Å². The molecule has 0 radical (unpaired) electrons. The van der Waals surface area contributed by atoms with Gasteiger partial charge in [-0.15, -0.1) is 0 Å². The highest BCUT2D eigenvalue weighted by Crippen LogP contribution is 2.38. The van der Waals surface area contributed by atoms with E-state index in [-0.39, 0.29) is 11.9 Å². The summed E-state index contributed by atoms with van der Waals surface area (Å²) < 4.78 is 13.1. The molecule has 1 aromatic rings. The fourth-order valence-corrected chi connectivity index (χ4v) is 3.06. The first-order valence-electron chi connectivity index (χ1n) is 6.63. The Morgan fingerprint density at radius 3 is 2.76 bits per heavy atom. The van der Waals surface area contributed by atoms with Crippen molar-refractivity contribution in [2.75, 3.05) is 0 Å². The molecule has 0 spiro atoms. The topological polar surface area (TPSA) is 26.0 Å².